The average Bonchev–Trinajstić information content (AvgIpc) is 2.45. The maximum atomic E-state index is 12.9. The van der Waals surface area contributed by atoms with Crippen LogP contribution in [-0.2, 0) is 6.18 Å². The molecule has 0 bridgehead atoms. The summed E-state index contributed by atoms with van der Waals surface area (Å²) in [5, 5.41) is 9.26. The zero-order chi connectivity index (χ0) is 15.5. The lowest BCUT2D eigenvalue weighted by Gasteiger charge is -2.13. The second kappa shape index (κ2) is 5.84. The molecule has 0 fully saturated rings. The maximum Gasteiger partial charge on any atom is 0.416 e. The topological polar surface area (TPSA) is 23.8 Å². The highest BCUT2D eigenvalue weighted by Crippen LogP contribution is 2.34. The molecule has 0 aliphatic carbocycles. The Hall–Kier alpha value is -2.54. The van der Waals surface area contributed by atoms with Crippen LogP contribution in [0.4, 0.5) is 13.2 Å². The molecule has 4 heteroatoms. The van der Waals surface area contributed by atoms with E-state index in [4.69, 9.17) is 0 Å². The first-order chi connectivity index (χ1) is 9.93. The third-order valence-electron chi connectivity index (χ3n) is 3.16. The number of rotatable bonds is 2. The van der Waals surface area contributed by atoms with Gasteiger partial charge in [-0.15, -0.1) is 0 Å². The van der Waals surface area contributed by atoms with Gasteiger partial charge in [-0.05, 0) is 35.8 Å². The number of nitriles is 1. The Kier molecular flexibility index (Phi) is 4.13. The van der Waals surface area contributed by atoms with Crippen LogP contribution in [-0.4, -0.2) is 0 Å². The second-order valence-corrected chi connectivity index (χ2v) is 4.56. The van der Waals surface area contributed by atoms with Crippen LogP contribution in [0, 0.1) is 18.3 Å². The highest BCUT2D eigenvalue weighted by atomic mass is 19.4. The Morgan fingerprint density at radius 2 is 1.71 bits per heavy atom. The molecule has 2 aromatic rings. The minimum atomic E-state index is -4.42. The van der Waals surface area contributed by atoms with Crippen molar-refractivity contribution < 1.29 is 13.2 Å². The van der Waals surface area contributed by atoms with E-state index in [0.717, 1.165) is 11.6 Å². The van der Waals surface area contributed by atoms with E-state index in [0.29, 0.717) is 5.56 Å². The summed E-state index contributed by atoms with van der Waals surface area (Å²) < 4.78 is 38.8. The van der Waals surface area contributed by atoms with E-state index < -0.39 is 11.7 Å². The molecule has 0 unspecified atom stereocenters. The van der Waals surface area contributed by atoms with Crippen LogP contribution in [0.1, 0.15) is 22.3 Å². The summed E-state index contributed by atoms with van der Waals surface area (Å²) in [4.78, 5) is 0. The van der Waals surface area contributed by atoms with Gasteiger partial charge in [0.25, 0.3) is 0 Å². The third kappa shape index (κ3) is 3.32. The molecule has 0 atom stereocenters. The number of nitrogens with zero attached hydrogens (tertiary/aromatic N) is 1. The number of alkyl halides is 3. The highest BCUT2D eigenvalue weighted by molar-refractivity contribution is 5.90. The van der Waals surface area contributed by atoms with Gasteiger partial charge in [0, 0.05) is 0 Å². The fraction of sp³-hybridized carbons (Fsp3) is 0.118. The van der Waals surface area contributed by atoms with E-state index in [1.165, 1.54) is 19.1 Å². The van der Waals surface area contributed by atoms with E-state index in [2.05, 4.69) is 0 Å². The number of benzene rings is 2. The first kappa shape index (κ1) is 14.9. The Balaban J connectivity index is 2.55. The molecule has 0 spiro atoms. The van der Waals surface area contributed by atoms with Gasteiger partial charge in [-0.2, -0.15) is 18.4 Å². The van der Waals surface area contributed by atoms with E-state index in [1.54, 1.807) is 30.3 Å². The number of allylic oxidation sites excluding steroid dienone is 1. The highest BCUT2D eigenvalue weighted by Gasteiger charge is 2.33. The van der Waals surface area contributed by atoms with E-state index >= 15 is 0 Å². The summed E-state index contributed by atoms with van der Waals surface area (Å²) >= 11 is 0. The van der Waals surface area contributed by atoms with Crippen LogP contribution in [0.5, 0.6) is 0 Å². The minimum absolute atomic E-state index is 0.0636. The summed E-state index contributed by atoms with van der Waals surface area (Å²) in [7, 11) is 0. The van der Waals surface area contributed by atoms with Crippen molar-refractivity contribution in [3.63, 3.8) is 0 Å². The first-order valence-electron chi connectivity index (χ1n) is 6.27. The fourth-order valence-corrected chi connectivity index (χ4v) is 2.12. The van der Waals surface area contributed by atoms with Gasteiger partial charge in [-0.3, -0.25) is 0 Å². The molecule has 0 aliphatic heterocycles. The van der Waals surface area contributed by atoms with Gasteiger partial charge < -0.3 is 0 Å². The summed E-state index contributed by atoms with van der Waals surface area (Å²) in [6.07, 6.45) is -2.84. The van der Waals surface area contributed by atoms with Crippen LogP contribution >= 0.6 is 0 Å². The van der Waals surface area contributed by atoms with Gasteiger partial charge in [0.1, 0.15) is 0 Å². The van der Waals surface area contributed by atoms with Crippen LogP contribution in [0.3, 0.4) is 0 Å². The van der Waals surface area contributed by atoms with Crippen LogP contribution in [0.25, 0.3) is 11.6 Å². The van der Waals surface area contributed by atoms with Gasteiger partial charge in [0.2, 0.25) is 0 Å². The molecule has 106 valence electrons. The molecule has 0 heterocycles. The molecule has 0 aliphatic rings. The first-order valence-corrected chi connectivity index (χ1v) is 6.27. The van der Waals surface area contributed by atoms with Crippen molar-refractivity contribution >= 4 is 11.6 Å². The zero-order valence-corrected chi connectivity index (χ0v) is 11.3. The van der Waals surface area contributed by atoms with Crippen molar-refractivity contribution in [1.29, 1.82) is 5.26 Å². The quantitative estimate of drug-likeness (QED) is 0.558. The van der Waals surface area contributed by atoms with Crippen LogP contribution in [0.15, 0.2) is 48.5 Å². The standard InChI is InChI=1S/C17H12F3N/c1-12-15(8-5-9-16(12)17(18,19)20)14(11-21)10-13-6-3-2-4-7-13/h2-10H,1H3. The molecule has 21 heavy (non-hydrogen) atoms. The molecule has 1 nitrogen and oxygen atoms in total. The molecular formula is C17H12F3N. The summed E-state index contributed by atoms with van der Waals surface area (Å²) in [6.45, 7) is 1.38. The molecule has 2 aromatic carbocycles. The van der Waals surface area contributed by atoms with Crippen molar-refractivity contribution in [1.82, 2.24) is 0 Å². The Morgan fingerprint density at radius 3 is 2.29 bits per heavy atom. The van der Waals surface area contributed by atoms with Crippen LogP contribution in [0.2, 0.25) is 0 Å². The monoisotopic (exact) mass is 287 g/mol. The Labute approximate surface area is 121 Å². The Bertz CT molecular complexity index is 707. The molecule has 0 saturated carbocycles. The smallest absolute Gasteiger partial charge is 0.192 e. The SMILES string of the molecule is Cc1c(C(C#N)=Cc2ccccc2)cccc1C(F)(F)F. The lowest BCUT2D eigenvalue weighted by atomic mass is 9.95. The van der Waals surface area contributed by atoms with Gasteiger partial charge in [-0.25, -0.2) is 0 Å². The van der Waals surface area contributed by atoms with Crippen molar-refractivity contribution in [3.05, 3.63) is 70.8 Å². The van der Waals surface area contributed by atoms with Gasteiger partial charge in [-0.1, -0.05) is 42.5 Å². The average molecular weight is 287 g/mol. The predicted molar refractivity (Wildman–Crippen MR) is 76.1 cm³/mol. The number of halogens is 3. The number of hydrogen-bond acceptors (Lipinski definition) is 1. The molecule has 0 amide bonds. The molecule has 0 aromatic heterocycles. The van der Waals surface area contributed by atoms with E-state index in [1.807, 2.05) is 12.1 Å². The molecule has 0 radical (unpaired) electrons. The van der Waals surface area contributed by atoms with Gasteiger partial charge in [0.05, 0.1) is 17.2 Å². The van der Waals surface area contributed by atoms with Crippen LogP contribution < -0.4 is 0 Å². The summed E-state index contributed by atoms with van der Waals surface area (Å²) in [5.41, 5.74) is 0.634. The fourth-order valence-electron chi connectivity index (χ4n) is 2.12. The molecule has 0 N–H and O–H groups in total. The Morgan fingerprint density at radius 1 is 1.05 bits per heavy atom. The zero-order valence-electron chi connectivity index (χ0n) is 11.3. The van der Waals surface area contributed by atoms with Gasteiger partial charge in [0.15, 0.2) is 0 Å². The third-order valence-corrected chi connectivity index (χ3v) is 3.16. The lowest BCUT2D eigenvalue weighted by molar-refractivity contribution is -0.138. The summed E-state index contributed by atoms with van der Waals surface area (Å²) in [6, 6.07) is 14.9. The van der Waals surface area contributed by atoms with Crippen molar-refractivity contribution in [2.75, 3.05) is 0 Å². The maximum absolute atomic E-state index is 12.9. The largest absolute Gasteiger partial charge is 0.416 e. The predicted octanol–water partition coefficient (Wildman–Crippen LogP) is 5.08. The molecule has 0 saturated heterocycles. The van der Waals surface area contributed by atoms with Gasteiger partial charge >= 0.3 is 6.18 Å². The van der Waals surface area contributed by atoms with Crippen molar-refractivity contribution in [2.24, 2.45) is 0 Å². The molecule has 2 rings (SSSR count). The lowest BCUT2D eigenvalue weighted by Crippen LogP contribution is -2.08. The van der Waals surface area contributed by atoms with Crippen molar-refractivity contribution in [3.8, 4) is 6.07 Å². The minimum Gasteiger partial charge on any atom is -0.192 e. The van der Waals surface area contributed by atoms with E-state index in [9.17, 15) is 18.4 Å². The van der Waals surface area contributed by atoms with Crippen molar-refractivity contribution in [2.45, 2.75) is 13.1 Å². The normalized spacial score (nSPS) is 12.0. The number of hydrogen-bond donors (Lipinski definition) is 0. The molecular weight excluding hydrogens is 275 g/mol. The summed E-state index contributed by atoms with van der Waals surface area (Å²) in [5.74, 6) is 0. The van der Waals surface area contributed by atoms with E-state index in [-0.39, 0.29) is 11.1 Å². The second-order valence-electron chi connectivity index (χ2n) is 4.56.